The molecule has 0 heterocycles. The third-order valence-corrected chi connectivity index (χ3v) is 4.22. The number of amides is 2. The van der Waals surface area contributed by atoms with Gasteiger partial charge in [0.05, 0.1) is 0 Å². The third kappa shape index (κ3) is 5.28. The maximum atomic E-state index is 12.4. The Balaban J connectivity index is 1.60. The second-order valence-electron chi connectivity index (χ2n) is 6.42. The van der Waals surface area contributed by atoms with Gasteiger partial charge in [0, 0.05) is 24.2 Å². The van der Waals surface area contributed by atoms with Gasteiger partial charge in [0.1, 0.15) is 0 Å². The molecule has 0 unspecified atom stereocenters. The van der Waals surface area contributed by atoms with Gasteiger partial charge in [-0.15, -0.1) is 0 Å². The van der Waals surface area contributed by atoms with Crippen LogP contribution in [0.5, 0.6) is 0 Å². The molecule has 0 atom stereocenters. The van der Waals surface area contributed by atoms with Crippen molar-refractivity contribution in [2.75, 3.05) is 0 Å². The van der Waals surface area contributed by atoms with Crippen molar-refractivity contribution in [3.8, 4) is 0 Å². The second kappa shape index (κ2) is 8.81. The van der Waals surface area contributed by atoms with Crippen molar-refractivity contribution in [2.45, 2.75) is 20.0 Å². The Morgan fingerprint density at radius 1 is 0.667 bits per heavy atom. The SMILES string of the molecule is Cc1cccc(CNC(=O)c2cccc(C(=O)NCc3ccccc3)c2)c1. The number of hydrogen-bond donors (Lipinski definition) is 2. The predicted octanol–water partition coefficient (Wildman–Crippen LogP) is 3.86. The summed E-state index contributed by atoms with van der Waals surface area (Å²) < 4.78 is 0. The van der Waals surface area contributed by atoms with Gasteiger partial charge in [0.15, 0.2) is 0 Å². The Morgan fingerprint density at radius 3 is 1.85 bits per heavy atom. The first-order valence-corrected chi connectivity index (χ1v) is 8.88. The molecule has 2 N–H and O–H groups in total. The van der Waals surface area contributed by atoms with E-state index in [2.05, 4.69) is 10.6 Å². The van der Waals surface area contributed by atoms with E-state index in [0.29, 0.717) is 24.2 Å². The van der Waals surface area contributed by atoms with Gasteiger partial charge in [-0.1, -0.05) is 66.2 Å². The summed E-state index contributed by atoms with van der Waals surface area (Å²) in [6, 6.07) is 24.4. The van der Waals surface area contributed by atoms with Crippen molar-refractivity contribution >= 4 is 11.8 Å². The molecule has 0 radical (unpaired) electrons. The van der Waals surface area contributed by atoms with Gasteiger partial charge in [-0.05, 0) is 36.2 Å². The number of hydrogen-bond acceptors (Lipinski definition) is 2. The summed E-state index contributed by atoms with van der Waals surface area (Å²) in [7, 11) is 0. The fourth-order valence-corrected chi connectivity index (χ4v) is 2.79. The summed E-state index contributed by atoms with van der Waals surface area (Å²) in [5.41, 5.74) is 4.15. The number of nitrogens with one attached hydrogen (secondary N) is 2. The molecule has 0 aliphatic heterocycles. The monoisotopic (exact) mass is 358 g/mol. The summed E-state index contributed by atoms with van der Waals surface area (Å²) in [6.45, 7) is 2.91. The van der Waals surface area contributed by atoms with Crippen LogP contribution in [0.3, 0.4) is 0 Å². The molecule has 0 aliphatic rings. The van der Waals surface area contributed by atoms with Crippen LogP contribution in [0, 0.1) is 6.92 Å². The lowest BCUT2D eigenvalue weighted by molar-refractivity contribution is 0.0950. The Labute approximate surface area is 159 Å². The Morgan fingerprint density at radius 2 is 1.22 bits per heavy atom. The molecule has 4 nitrogen and oxygen atoms in total. The molecular weight excluding hydrogens is 336 g/mol. The quantitative estimate of drug-likeness (QED) is 0.703. The summed E-state index contributed by atoms with van der Waals surface area (Å²) in [5.74, 6) is -0.401. The predicted molar refractivity (Wildman–Crippen MR) is 106 cm³/mol. The van der Waals surface area contributed by atoms with Crippen LogP contribution >= 0.6 is 0 Å². The zero-order valence-electron chi connectivity index (χ0n) is 15.2. The van der Waals surface area contributed by atoms with Crippen molar-refractivity contribution in [1.82, 2.24) is 10.6 Å². The van der Waals surface area contributed by atoms with Gasteiger partial charge < -0.3 is 10.6 Å². The molecule has 2 amide bonds. The first-order valence-electron chi connectivity index (χ1n) is 8.88. The average Bonchev–Trinajstić information content (AvgIpc) is 2.71. The Hall–Kier alpha value is -3.40. The van der Waals surface area contributed by atoms with E-state index in [0.717, 1.165) is 16.7 Å². The molecule has 0 saturated heterocycles. The topological polar surface area (TPSA) is 58.2 Å². The number of carbonyl (C=O) groups excluding carboxylic acids is 2. The molecule has 4 heteroatoms. The molecule has 0 saturated carbocycles. The highest BCUT2D eigenvalue weighted by Crippen LogP contribution is 2.08. The third-order valence-electron chi connectivity index (χ3n) is 4.22. The number of aryl methyl sites for hydroxylation is 1. The van der Waals surface area contributed by atoms with Crippen LogP contribution < -0.4 is 10.6 Å². The summed E-state index contributed by atoms with van der Waals surface area (Å²) in [4.78, 5) is 24.8. The molecule has 3 rings (SSSR count). The molecule has 3 aromatic carbocycles. The van der Waals surface area contributed by atoms with E-state index in [9.17, 15) is 9.59 Å². The van der Waals surface area contributed by atoms with Crippen LogP contribution in [-0.2, 0) is 13.1 Å². The van der Waals surface area contributed by atoms with Gasteiger partial charge in [0.25, 0.3) is 11.8 Å². The van der Waals surface area contributed by atoms with Crippen LogP contribution in [0.1, 0.15) is 37.4 Å². The van der Waals surface area contributed by atoms with Gasteiger partial charge in [-0.2, -0.15) is 0 Å². The normalized spacial score (nSPS) is 10.3. The molecular formula is C23H22N2O2. The number of rotatable bonds is 6. The average molecular weight is 358 g/mol. The van der Waals surface area contributed by atoms with E-state index >= 15 is 0 Å². The first-order chi connectivity index (χ1) is 13.1. The van der Waals surface area contributed by atoms with Crippen molar-refractivity contribution in [2.24, 2.45) is 0 Å². The van der Waals surface area contributed by atoms with Gasteiger partial charge in [-0.25, -0.2) is 0 Å². The molecule has 0 aromatic heterocycles. The maximum absolute atomic E-state index is 12.4. The van der Waals surface area contributed by atoms with E-state index in [-0.39, 0.29) is 11.8 Å². The summed E-state index contributed by atoms with van der Waals surface area (Å²) >= 11 is 0. The lowest BCUT2D eigenvalue weighted by Gasteiger charge is -2.09. The largest absolute Gasteiger partial charge is 0.348 e. The Bertz CT molecular complexity index is 936. The highest BCUT2D eigenvalue weighted by atomic mass is 16.2. The number of carbonyl (C=O) groups is 2. The van der Waals surface area contributed by atoms with Crippen molar-refractivity contribution < 1.29 is 9.59 Å². The van der Waals surface area contributed by atoms with Gasteiger partial charge in [-0.3, -0.25) is 9.59 Å². The minimum Gasteiger partial charge on any atom is -0.348 e. The fraction of sp³-hybridized carbons (Fsp3) is 0.130. The lowest BCUT2D eigenvalue weighted by atomic mass is 10.1. The summed E-state index contributed by atoms with van der Waals surface area (Å²) in [6.07, 6.45) is 0. The fourth-order valence-electron chi connectivity index (χ4n) is 2.79. The molecule has 0 bridgehead atoms. The molecule has 3 aromatic rings. The first kappa shape index (κ1) is 18.4. The zero-order chi connectivity index (χ0) is 19.1. The maximum Gasteiger partial charge on any atom is 0.251 e. The highest BCUT2D eigenvalue weighted by molar-refractivity contribution is 5.99. The van der Waals surface area contributed by atoms with Crippen LogP contribution in [0.25, 0.3) is 0 Å². The van der Waals surface area contributed by atoms with E-state index in [4.69, 9.17) is 0 Å². The second-order valence-corrected chi connectivity index (χ2v) is 6.42. The number of benzene rings is 3. The summed E-state index contributed by atoms with van der Waals surface area (Å²) in [5, 5.41) is 5.77. The highest BCUT2D eigenvalue weighted by Gasteiger charge is 2.10. The van der Waals surface area contributed by atoms with Crippen LogP contribution in [0.4, 0.5) is 0 Å². The molecule has 0 aliphatic carbocycles. The zero-order valence-corrected chi connectivity index (χ0v) is 15.2. The minimum atomic E-state index is -0.202. The van der Waals surface area contributed by atoms with Crippen molar-refractivity contribution in [1.29, 1.82) is 0 Å². The molecule has 0 spiro atoms. The van der Waals surface area contributed by atoms with Crippen LogP contribution in [0.2, 0.25) is 0 Å². The standard InChI is InChI=1S/C23H22N2O2/c1-17-7-5-10-19(13-17)16-25-23(27)21-12-6-11-20(14-21)22(26)24-15-18-8-3-2-4-9-18/h2-14H,15-16H2,1H3,(H,24,26)(H,25,27). The molecule has 0 fully saturated rings. The van der Waals surface area contributed by atoms with Crippen LogP contribution in [0.15, 0.2) is 78.9 Å². The smallest absolute Gasteiger partial charge is 0.251 e. The lowest BCUT2D eigenvalue weighted by Crippen LogP contribution is -2.25. The molecule has 27 heavy (non-hydrogen) atoms. The van der Waals surface area contributed by atoms with Crippen molar-refractivity contribution in [3.63, 3.8) is 0 Å². The van der Waals surface area contributed by atoms with Crippen molar-refractivity contribution in [3.05, 3.63) is 107 Å². The van der Waals surface area contributed by atoms with E-state index in [1.165, 1.54) is 0 Å². The van der Waals surface area contributed by atoms with E-state index in [1.54, 1.807) is 24.3 Å². The minimum absolute atomic E-state index is 0.200. The molecule has 136 valence electrons. The van der Waals surface area contributed by atoms with Gasteiger partial charge in [0.2, 0.25) is 0 Å². The van der Waals surface area contributed by atoms with Gasteiger partial charge >= 0.3 is 0 Å². The van der Waals surface area contributed by atoms with E-state index < -0.39 is 0 Å². The van der Waals surface area contributed by atoms with E-state index in [1.807, 2.05) is 61.5 Å². The Kier molecular flexibility index (Phi) is 6.00. The van der Waals surface area contributed by atoms with Crippen LogP contribution in [-0.4, -0.2) is 11.8 Å².